The lowest BCUT2D eigenvalue weighted by Crippen LogP contribution is -2.15. The van der Waals surface area contributed by atoms with Crippen LogP contribution in [0.2, 0.25) is 0 Å². The Labute approximate surface area is 60.3 Å². The van der Waals surface area contributed by atoms with Crippen molar-refractivity contribution in [2.24, 2.45) is 0 Å². The molecule has 0 aliphatic carbocycles. The molecule has 0 aromatic heterocycles. The second-order valence-corrected chi connectivity index (χ2v) is 2.46. The minimum atomic E-state index is 0. The maximum atomic E-state index is 3.39. The molecule has 1 nitrogen and oxygen atoms in total. The summed E-state index contributed by atoms with van der Waals surface area (Å²) in [5.41, 5.74) is 0. The molecule has 58 valence electrons. The molecule has 0 aromatic rings. The summed E-state index contributed by atoms with van der Waals surface area (Å²) in [7, 11) is 0. The summed E-state index contributed by atoms with van der Waals surface area (Å²) in [4.78, 5) is 0. The standard InChI is InChI=1S/C8H19N.H2/c1-3-5-7-9-8-6-4-2;/h9H,3-8H2,1-2H3;1H. The molecule has 0 radical (unpaired) electrons. The first kappa shape index (κ1) is 8.96. The van der Waals surface area contributed by atoms with Crippen LogP contribution in [0.25, 0.3) is 0 Å². The molecule has 0 unspecified atom stereocenters. The van der Waals surface area contributed by atoms with Crippen molar-refractivity contribution in [2.45, 2.75) is 39.5 Å². The Kier molecular flexibility index (Phi) is 7.92. The van der Waals surface area contributed by atoms with Gasteiger partial charge in [0.2, 0.25) is 0 Å². The van der Waals surface area contributed by atoms with E-state index in [0.717, 1.165) is 0 Å². The average molecular weight is 131 g/mol. The van der Waals surface area contributed by atoms with E-state index in [4.69, 9.17) is 0 Å². The van der Waals surface area contributed by atoms with Crippen molar-refractivity contribution in [1.29, 1.82) is 0 Å². The van der Waals surface area contributed by atoms with Crippen LogP contribution in [0, 0.1) is 0 Å². The minimum Gasteiger partial charge on any atom is -0.317 e. The van der Waals surface area contributed by atoms with E-state index in [0.29, 0.717) is 0 Å². The summed E-state index contributed by atoms with van der Waals surface area (Å²) >= 11 is 0. The van der Waals surface area contributed by atoms with E-state index in [1.807, 2.05) is 0 Å². The zero-order valence-electron chi connectivity index (χ0n) is 6.74. The molecule has 0 heterocycles. The van der Waals surface area contributed by atoms with Crippen LogP contribution >= 0.6 is 0 Å². The SMILES string of the molecule is CCCCNCCCC.[HH]. The molecular formula is C8H21N. The van der Waals surface area contributed by atoms with Crippen LogP contribution < -0.4 is 5.32 Å². The highest BCUT2D eigenvalue weighted by atomic mass is 14.8. The molecule has 0 saturated carbocycles. The molecule has 0 aliphatic heterocycles. The molecule has 0 fully saturated rings. The molecule has 1 N–H and O–H groups in total. The van der Waals surface area contributed by atoms with Crippen LogP contribution in [-0.2, 0) is 0 Å². The lowest BCUT2D eigenvalue weighted by molar-refractivity contribution is 0.611. The third kappa shape index (κ3) is 7.96. The maximum absolute atomic E-state index is 3.39. The molecule has 0 amide bonds. The second-order valence-electron chi connectivity index (χ2n) is 2.46. The van der Waals surface area contributed by atoms with Crippen molar-refractivity contribution in [3.63, 3.8) is 0 Å². The summed E-state index contributed by atoms with van der Waals surface area (Å²) in [5, 5.41) is 3.39. The van der Waals surface area contributed by atoms with Gasteiger partial charge in [0.1, 0.15) is 0 Å². The predicted molar refractivity (Wildman–Crippen MR) is 44.8 cm³/mol. The highest BCUT2D eigenvalue weighted by Gasteiger charge is 1.83. The lowest BCUT2D eigenvalue weighted by atomic mass is 10.3. The summed E-state index contributed by atoms with van der Waals surface area (Å²) < 4.78 is 0. The van der Waals surface area contributed by atoms with Crippen molar-refractivity contribution >= 4 is 0 Å². The van der Waals surface area contributed by atoms with Gasteiger partial charge in [-0.15, -0.1) is 0 Å². The third-order valence-electron chi connectivity index (χ3n) is 1.41. The van der Waals surface area contributed by atoms with Crippen molar-refractivity contribution in [3.8, 4) is 0 Å². The largest absolute Gasteiger partial charge is 0.317 e. The molecule has 0 spiro atoms. The fourth-order valence-electron chi connectivity index (χ4n) is 0.729. The van der Waals surface area contributed by atoms with E-state index in [2.05, 4.69) is 19.2 Å². The number of unbranched alkanes of at least 4 members (excludes halogenated alkanes) is 2. The lowest BCUT2D eigenvalue weighted by Gasteiger charge is -1.99. The van der Waals surface area contributed by atoms with Gasteiger partial charge in [0, 0.05) is 1.43 Å². The monoisotopic (exact) mass is 131 g/mol. The van der Waals surface area contributed by atoms with Crippen LogP contribution in [0.15, 0.2) is 0 Å². The van der Waals surface area contributed by atoms with E-state index >= 15 is 0 Å². The van der Waals surface area contributed by atoms with Crippen LogP contribution in [0.3, 0.4) is 0 Å². The minimum absolute atomic E-state index is 0. The van der Waals surface area contributed by atoms with Gasteiger partial charge in [0.15, 0.2) is 0 Å². The highest BCUT2D eigenvalue weighted by molar-refractivity contribution is 4.45. The van der Waals surface area contributed by atoms with Gasteiger partial charge in [-0.2, -0.15) is 0 Å². The first-order valence-electron chi connectivity index (χ1n) is 4.12. The molecule has 0 bridgehead atoms. The molecule has 1 heteroatoms. The Morgan fingerprint density at radius 2 is 1.44 bits per heavy atom. The number of hydrogen-bond donors (Lipinski definition) is 1. The van der Waals surface area contributed by atoms with Crippen molar-refractivity contribution in [1.82, 2.24) is 5.32 Å². The first-order valence-corrected chi connectivity index (χ1v) is 4.12. The third-order valence-corrected chi connectivity index (χ3v) is 1.41. The average Bonchev–Trinajstić information content (AvgIpc) is 1.89. The van der Waals surface area contributed by atoms with E-state index in [-0.39, 0.29) is 1.43 Å². The van der Waals surface area contributed by atoms with Crippen LogP contribution in [0.5, 0.6) is 0 Å². The normalized spacial score (nSPS) is 10.0. The van der Waals surface area contributed by atoms with Gasteiger partial charge < -0.3 is 5.32 Å². The van der Waals surface area contributed by atoms with E-state index in [9.17, 15) is 0 Å². The fourth-order valence-corrected chi connectivity index (χ4v) is 0.729. The Morgan fingerprint density at radius 3 is 1.78 bits per heavy atom. The van der Waals surface area contributed by atoms with Gasteiger partial charge in [-0.3, -0.25) is 0 Å². The second kappa shape index (κ2) is 7.96. The summed E-state index contributed by atoms with van der Waals surface area (Å²) in [6.07, 6.45) is 5.26. The summed E-state index contributed by atoms with van der Waals surface area (Å²) in [6.45, 7) is 6.86. The van der Waals surface area contributed by atoms with Crippen LogP contribution in [0.4, 0.5) is 0 Å². The van der Waals surface area contributed by atoms with Gasteiger partial charge in [0.25, 0.3) is 0 Å². The predicted octanol–water partition coefficient (Wildman–Crippen LogP) is 2.42. The zero-order valence-corrected chi connectivity index (χ0v) is 6.74. The molecule has 0 rings (SSSR count). The quantitative estimate of drug-likeness (QED) is 0.546. The summed E-state index contributed by atoms with van der Waals surface area (Å²) in [5.74, 6) is 0. The first-order chi connectivity index (χ1) is 4.41. The topological polar surface area (TPSA) is 12.0 Å². The molecular weight excluding hydrogens is 110 g/mol. The Bertz CT molecular complexity index is 42.5. The van der Waals surface area contributed by atoms with Crippen molar-refractivity contribution in [3.05, 3.63) is 0 Å². The smallest absolute Gasteiger partial charge is 0 e. The maximum Gasteiger partial charge on any atom is 0 e. The van der Waals surface area contributed by atoms with Gasteiger partial charge in [0.05, 0.1) is 0 Å². The zero-order chi connectivity index (χ0) is 6.95. The van der Waals surface area contributed by atoms with Crippen LogP contribution in [-0.4, -0.2) is 13.1 Å². The Balaban J connectivity index is 0. The number of rotatable bonds is 6. The van der Waals surface area contributed by atoms with Crippen molar-refractivity contribution < 1.29 is 1.43 Å². The van der Waals surface area contributed by atoms with Crippen molar-refractivity contribution in [2.75, 3.05) is 13.1 Å². The van der Waals surface area contributed by atoms with Crippen LogP contribution in [0.1, 0.15) is 41.0 Å². The molecule has 0 aromatic carbocycles. The highest BCUT2D eigenvalue weighted by Crippen LogP contribution is 1.85. The van der Waals surface area contributed by atoms with Gasteiger partial charge in [-0.1, -0.05) is 26.7 Å². The van der Waals surface area contributed by atoms with Gasteiger partial charge in [-0.25, -0.2) is 0 Å². The number of hydrogen-bond acceptors (Lipinski definition) is 1. The molecule has 0 aliphatic rings. The molecule has 0 saturated heterocycles. The van der Waals surface area contributed by atoms with Gasteiger partial charge >= 0.3 is 0 Å². The van der Waals surface area contributed by atoms with E-state index in [1.165, 1.54) is 38.8 Å². The van der Waals surface area contributed by atoms with E-state index in [1.54, 1.807) is 0 Å². The fraction of sp³-hybridized carbons (Fsp3) is 1.00. The van der Waals surface area contributed by atoms with Gasteiger partial charge in [-0.05, 0) is 25.9 Å². The Hall–Kier alpha value is -0.0400. The van der Waals surface area contributed by atoms with E-state index < -0.39 is 0 Å². The molecule has 0 atom stereocenters. The molecule has 9 heavy (non-hydrogen) atoms. The summed E-state index contributed by atoms with van der Waals surface area (Å²) in [6, 6.07) is 0. The number of nitrogens with one attached hydrogen (secondary N) is 1. The Morgan fingerprint density at radius 1 is 1.00 bits per heavy atom.